The first kappa shape index (κ1) is 11.6. The van der Waals surface area contributed by atoms with E-state index in [9.17, 15) is 4.79 Å². The third kappa shape index (κ3) is 4.21. The number of hydrogen-bond acceptors (Lipinski definition) is 5. The van der Waals surface area contributed by atoms with Gasteiger partial charge >= 0.3 is 5.97 Å². The second-order valence-corrected chi connectivity index (χ2v) is 2.23. The zero-order valence-electron chi connectivity index (χ0n) is 6.97. The van der Waals surface area contributed by atoms with E-state index in [4.69, 9.17) is 10.8 Å². The van der Waals surface area contributed by atoms with Crippen LogP contribution in [-0.2, 0) is 11.2 Å². The predicted octanol–water partition coefficient (Wildman–Crippen LogP) is -1.82. The van der Waals surface area contributed by atoms with Crippen LogP contribution in [0.5, 0.6) is 0 Å². The molecule has 13 heavy (non-hydrogen) atoms. The summed E-state index contributed by atoms with van der Waals surface area (Å²) in [5, 5.41) is 8.42. The van der Waals surface area contributed by atoms with Crippen molar-refractivity contribution in [2.24, 2.45) is 17.4 Å². The fourth-order valence-electron chi connectivity index (χ4n) is 0.721. The van der Waals surface area contributed by atoms with Crippen molar-refractivity contribution >= 4 is 5.97 Å². The van der Waals surface area contributed by atoms with Crippen LogP contribution in [0, 0.1) is 0 Å². The van der Waals surface area contributed by atoms with E-state index < -0.39 is 12.0 Å². The van der Waals surface area contributed by atoms with Gasteiger partial charge in [-0.05, 0) is 0 Å². The molecule has 0 aliphatic heterocycles. The monoisotopic (exact) mass is 187 g/mol. The molecule has 7 heteroatoms. The molecule has 0 amide bonds. The molecule has 0 saturated carbocycles. The van der Waals surface area contributed by atoms with Crippen LogP contribution in [0.3, 0.4) is 0 Å². The average Bonchev–Trinajstić information content (AvgIpc) is 2.60. The van der Waals surface area contributed by atoms with Crippen molar-refractivity contribution in [1.29, 1.82) is 0 Å². The second kappa shape index (κ2) is 6.12. The number of carbonyl (C=O) groups is 1. The van der Waals surface area contributed by atoms with E-state index in [2.05, 4.69) is 21.7 Å². The average molecular weight is 187 g/mol. The number of aliphatic carboxylic acids is 1. The standard InChI is InChI=1S/C6H9N3O2.H4N2/c7-5(6(10)11)1-4-2-8-3-9-4;1-2/h2-3,5H,1,7H2,(H,8,9)(H,10,11);1-2H2/t5-;/m0./s1. The molecule has 8 N–H and O–H groups in total. The molecule has 0 aliphatic carbocycles. The van der Waals surface area contributed by atoms with Gasteiger partial charge in [0, 0.05) is 18.3 Å². The fourth-order valence-corrected chi connectivity index (χ4v) is 0.721. The van der Waals surface area contributed by atoms with Crippen molar-refractivity contribution in [3.8, 4) is 0 Å². The highest BCUT2D eigenvalue weighted by Gasteiger charge is 2.11. The number of hydrogen-bond donors (Lipinski definition) is 5. The number of aromatic amines is 1. The van der Waals surface area contributed by atoms with Gasteiger partial charge in [0.2, 0.25) is 0 Å². The van der Waals surface area contributed by atoms with E-state index in [1.165, 1.54) is 6.33 Å². The summed E-state index contributed by atoms with van der Waals surface area (Å²) in [6, 6.07) is -0.851. The zero-order valence-corrected chi connectivity index (χ0v) is 6.97. The van der Waals surface area contributed by atoms with Crippen LogP contribution in [0.4, 0.5) is 0 Å². The molecule has 0 radical (unpaired) electrons. The molecule has 0 spiro atoms. The van der Waals surface area contributed by atoms with E-state index in [0.29, 0.717) is 0 Å². The normalized spacial score (nSPS) is 11.3. The Morgan fingerprint density at radius 1 is 1.69 bits per heavy atom. The van der Waals surface area contributed by atoms with Crippen molar-refractivity contribution in [2.45, 2.75) is 12.5 Å². The summed E-state index contributed by atoms with van der Waals surface area (Å²) in [6.07, 6.45) is 3.34. The summed E-state index contributed by atoms with van der Waals surface area (Å²) in [7, 11) is 0. The lowest BCUT2D eigenvalue weighted by Crippen LogP contribution is -2.32. The van der Waals surface area contributed by atoms with Gasteiger partial charge in [-0.2, -0.15) is 0 Å². The largest absolute Gasteiger partial charge is 0.480 e. The number of nitrogens with one attached hydrogen (secondary N) is 1. The molecule has 1 rings (SSSR count). The molecule has 0 aliphatic rings. The summed E-state index contributed by atoms with van der Waals surface area (Å²) in [5.41, 5.74) is 6.00. The van der Waals surface area contributed by atoms with Crippen LogP contribution >= 0.6 is 0 Å². The summed E-state index contributed by atoms with van der Waals surface area (Å²) < 4.78 is 0. The maximum absolute atomic E-state index is 10.3. The van der Waals surface area contributed by atoms with Crippen LogP contribution in [0.1, 0.15) is 5.69 Å². The molecule has 0 aromatic carbocycles. The molecule has 1 aromatic rings. The van der Waals surface area contributed by atoms with Crippen molar-refractivity contribution in [3.05, 3.63) is 18.2 Å². The van der Waals surface area contributed by atoms with Crippen LogP contribution in [0.25, 0.3) is 0 Å². The van der Waals surface area contributed by atoms with E-state index >= 15 is 0 Å². The number of carboxylic acid groups (broad SMARTS) is 1. The molecule has 1 aromatic heterocycles. The zero-order chi connectivity index (χ0) is 10.3. The van der Waals surface area contributed by atoms with Gasteiger partial charge < -0.3 is 15.8 Å². The maximum atomic E-state index is 10.3. The number of carboxylic acids is 1. The molecular formula is C6H13N5O2. The van der Waals surface area contributed by atoms with Gasteiger partial charge in [-0.25, -0.2) is 4.98 Å². The number of rotatable bonds is 3. The molecule has 0 unspecified atom stereocenters. The van der Waals surface area contributed by atoms with Crippen molar-refractivity contribution in [2.75, 3.05) is 0 Å². The quantitative estimate of drug-likeness (QED) is 0.278. The molecule has 0 bridgehead atoms. The summed E-state index contributed by atoms with van der Waals surface area (Å²) >= 11 is 0. The smallest absolute Gasteiger partial charge is 0.320 e. The highest BCUT2D eigenvalue weighted by atomic mass is 16.4. The van der Waals surface area contributed by atoms with Crippen molar-refractivity contribution < 1.29 is 9.90 Å². The van der Waals surface area contributed by atoms with Crippen molar-refractivity contribution in [1.82, 2.24) is 9.97 Å². The Bertz CT molecular complexity index is 235. The van der Waals surface area contributed by atoms with Gasteiger partial charge in [0.25, 0.3) is 0 Å². The van der Waals surface area contributed by atoms with Crippen LogP contribution in [-0.4, -0.2) is 27.1 Å². The van der Waals surface area contributed by atoms with E-state index in [0.717, 1.165) is 5.69 Å². The SMILES string of the molecule is NN.N[C@@H](Cc1cnc[nH]1)C(=O)O. The number of nitrogens with zero attached hydrogens (tertiary/aromatic N) is 1. The minimum absolute atomic E-state index is 0.287. The van der Waals surface area contributed by atoms with Gasteiger partial charge in [0.15, 0.2) is 0 Å². The number of aromatic nitrogens is 2. The van der Waals surface area contributed by atoms with E-state index in [-0.39, 0.29) is 6.42 Å². The third-order valence-electron chi connectivity index (χ3n) is 1.31. The second-order valence-electron chi connectivity index (χ2n) is 2.23. The lowest BCUT2D eigenvalue weighted by Gasteiger charge is -2.02. The van der Waals surface area contributed by atoms with Crippen LogP contribution in [0.15, 0.2) is 12.5 Å². The Labute approximate surface area is 74.9 Å². The fraction of sp³-hybridized carbons (Fsp3) is 0.333. The minimum atomic E-state index is -1.00. The first-order chi connectivity index (χ1) is 6.20. The predicted molar refractivity (Wildman–Crippen MR) is 46.3 cm³/mol. The lowest BCUT2D eigenvalue weighted by molar-refractivity contribution is -0.138. The summed E-state index contributed by atoms with van der Waals surface area (Å²) in [6.45, 7) is 0. The molecule has 0 saturated heterocycles. The van der Waals surface area contributed by atoms with Crippen molar-refractivity contribution in [3.63, 3.8) is 0 Å². The number of H-pyrrole nitrogens is 1. The Kier molecular flexibility index (Phi) is 5.44. The summed E-state index contributed by atoms with van der Waals surface area (Å²) in [5.74, 6) is 7.00. The van der Waals surface area contributed by atoms with E-state index in [1.54, 1.807) is 6.20 Å². The first-order valence-corrected chi connectivity index (χ1v) is 3.49. The molecule has 1 heterocycles. The van der Waals surface area contributed by atoms with Gasteiger partial charge in [0.05, 0.1) is 6.33 Å². The minimum Gasteiger partial charge on any atom is -0.480 e. The van der Waals surface area contributed by atoms with Gasteiger partial charge in [-0.1, -0.05) is 0 Å². The van der Waals surface area contributed by atoms with Crippen LogP contribution < -0.4 is 17.4 Å². The molecule has 74 valence electrons. The Morgan fingerprint density at radius 3 is 2.69 bits per heavy atom. The van der Waals surface area contributed by atoms with Crippen LogP contribution in [0.2, 0.25) is 0 Å². The Morgan fingerprint density at radius 2 is 2.31 bits per heavy atom. The number of imidazole rings is 1. The molecular weight excluding hydrogens is 174 g/mol. The molecule has 0 fully saturated rings. The van der Waals surface area contributed by atoms with Gasteiger partial charge in [0.1, 0.15) is 6.04 Å². The first-order valence-electron chi connectivity index (χ1n) is 3.49. The Balaban J connectivity index is 0.000000671. The molecule has 1 atom stereocenters. The van der Waals surface area contributed by atoms with Gasteiger partial charge in [-0.3, -0.25) is 16.5 Å². The number of hydrazine groups is 1. The van der Waals surface area contributed by atoms with Gasteiger partial charge in [-0.15, -0.1) is 0 Å². The summed E-state index contributed by atoms with van der Waals surface area (Å²) in [4.78, 5) is 16.8. The molecule has 7 nitrogen and oxygen atoms in total. The topological polar surface area (TPSA) is 144 Å². The highest BCUT2D eigenvalue weighted by molar-refractivity contribution is 5.73. The Hall–Kier alpha value is -1.44. The highest BCUT2D eigenvalue weighted by Crippen LogP contribution is 1.95. The van der Waals surface area contributed by atoms with E-state index in [1.807, 2.05) is 0 Å². The number of nitrogens with two attached hydrogens (primary N) is 3. The maximum Gasteiger partial charge on any atom is 0.320 e. The lowest BCUT2D eigenvalue weighted by atomic mass is 10.2. The third-order valence-corrected chi connectivity index (χ3v) is 1.31.